The van der Waals surface area contributed by atoms with Crippen LogP contribution in [0.5, 0.6) is 0 Å². The number of aryl methyl sites for hydroxylation is 1. The smallest absolute Gasteiger partial charge is 0.0780 e. The predicted molar refractivity (Wildman–Crippen MR) is 68.6 cm³/mol. The molecule has 1 heteroatoms. The molecule has 78 valence electrons. The summed E-state index contributed by atoms with van der Waals surface area (Å²) in [6, 6.07) is 15.0. The highest BCUT2D eigenvalue weighted by Crippen LogP contribution is 2.24. The molecule has 0 amide bonds. The van der Waals surface area contributed by atoms with Gasteiger partial charge < -0.3 is 0 Å². The Hall–Kier alpha value is -1.89. The summed E-state index contributed by atoms with van der Waals surface area (Å²) < 4.78 is 0. The van der Waals surface area contributed by atoms with Gasteiger partial charge in [-0.1, -0.05) is 43.3 Å². The molecular weight excluding hydrogens is 194 g/mol. The van der Waals surface area contributed by atoms with Gasteiger partial charge in [-0.3, -0.25) is 4.98 Å². The van der Waals surface area contributed by atoms with Crippen molar-refractivity contribution >= 4 is 21.7 Å². The SMILES string of the molecule is CCc1ccc2c(ccc3cccnc32)c1. The average Bonchev–Trinajstić information content (AvgIpc) is 2.38. The molecule has 1 aromatic heterocycles. The third kappa shape index (κ3) is 1.36. The van der Waals surface area contributed by atoms with Gasteiger partial charge in [0.2, 0.25) is 0 Å². The second-order valence-electron chi connectivity index (χ2n) is 4.05. The van der Waals surface area contributed by atoms with Gasteiger partial charge in [-0.2, -0.15) is 0 Å². The first-order valence-corrected chi connectivity index (χ1v) is 5.65. The van der Waals surface area contributed by atoms with Crippen molar-refractivity contribution in [3.63, 3.8) is 0 Å². The normalized spacial score (nSPS) is 11.1. The van der Waals surface area contributed by atoms with Crippen molar-refractivity contribution in [2.24, 2.45) is 0 Å². The Morgan fingerprint density at radius 3 is 2.75 bits per heavy atom. The van der Waals surface area contributed by atoms with Crippen molar-refractivity contribution in [1.82, 2.24) is 4.98 Å². The number of hydrogen-bond donors (Lipinski definition) is 0. The van der Waals surface area contributed by atoms with E-state index in [1.807, 2.05) is 12.3 Å². The first-order chi connectivity index (χ1) is 7.88. The van der Waals surface area contributed by atoms with E-state index in [1.54, 1.807) is 0 Å². The zero-order chi connectivity index (χ0) is 11.0. The van der Waals surface area contributed by atoms with Gasteiger partial charge in [0.15, 0.2) is 0 Å². The molecule has 0 aliphatic heterocycles. The second-order valence-corrected chi connectivity index (χ2v) is 4.05. The number of nitrogens with zero attached hydrogens (tertiary/aromatic N) is 1. The monoisotopic (exact) mass is 207 g/mol. The van der Waals surface area contributed by atoms with E-state index in [9.17, 15) is 0 Å². The molecule has 3 rings (SSSR count). The zero-order valence-electron chi connectivity index (χ0n) is 9.27. The number of rotatable bonds is 1. The van der Waals surface area contributed by atoms with Gasteiger partial charge in [0.1, 0.15) is 0 Å². The standard InChI is InChI=1S/C15H13N/c1-2-11-5-8-14-13(10-11)7-6-12-4-3-9-16-15(12)14/h3-10H,2H2,1H3. The number of hydrogen-bond acceptors (Lipinski definition) is 1. The van der Waals surface area contributed by atoms with Gasteiger partial charge >= 0.3 is 0 Å². The molecule has 16 heavy (non-hydrogen) atoms. The third-order valence-corrected chi connectivity index (χ3v) is 3.06. The lowest BCUT2D eigenvalue weighted by Gasteiger charge is -2.04. The Bertz CT molecular complexity index is 656. The topological polar surface area (TPSA) is 12.9 Å². The first kappa shape index (κ1) is 9.34. The molecule has 0 N–H and O–H groups in total. The number of benzene rings is 2. The van der Waals surface area contributed by atoms with Crippen LogP contribution in [-0.4, -0.2) is 4.98 Å². The van der Waals surface area contributed by atoms with Crippen LogP contribution < -0.4 is 0 Å². The van der Waals surface area contributed by atoms with Gasteiger partial charge in [0, 0.05) is 17.0 Å². The van der Waals surface area contributed by atoms with E-state index in [0.29, 0.717) is 0 Å². The van der Waals surface area contributed by atoms with Gasteiger partial charge in [-0.05, 0) is 23.4 Å². The third-order valence-electron chi connectivity index (χ3n) is 3.06. The summed E-state index contributed by atoms with van der Waals surface area (Å²) in [5.74, 6) is 0. The van der Waals surface area contributed by atoms with Gasteiger partial charge in [-0.25, -0.2) is 0 Å². The fourth-order valence-corrected chi connectivity index (χ4v) is 2.14. The average molecular weight is 207 g/mol. The molecule has 0 bridgehead atoms. The van der Waals surface area contributed by atoms with Crippen molar-refractivity contribution in [3.05, 3.63) is 54.2 Å². The van der Waals surface area contributed by atoms with Crippen LogP contribution in [0.25, 0.3) is 21.7 Å². The highest BCUT2D eigenvalue weighted by Gasteiger charge is 2.01. The van der Waals surface area contributed by atoms with E-state index in [1.165, 1.54) is 21.7 Å². The predicted octanol–water partition coefficient (Wildman–Crippen LogP) is 3.95. The maximum Gasteiger partial charge on any atom is 0.0780 e. The van der Waals surface area contributed by atoms with E-state index in [0.717, 1.165) is 11.9 Å². The Morgan fingerprint density at radius 2 is 1.88 bits per heavy atom. The molecule has 2 aromatic carbocycles. The van der Waals surface area contributed by atoms with Crippen molar-refractivity contribution in [2.75, 3.05) is 0 Å². The molecule has 1 heterocycles. The van der Waals surface area contributed by atoms with E-state index in [2.05, 4.69) is 48.3 Å². The lowest BCUT2D eigenvalue weighted by Crippen LogP contribution is -1.84. The lowest BCUT2D eigenvalue weighted by atomic mass is 10.0. The quantitative estimate of drug-likeness (QED) is 0.550. The summed E-state index contributed by atoms with van der Waals surface area (Å²) in [4.78, 5) is 4.46. The maximum absolute atomic E-state index is 4.46. The molecule has 0 saturated heterocycles. The Morgan fingerprint density at radius 1 is 1.00 bits per heavy atom. The zero-order valence-corrected chi connectivity index (χ0v) is 9.27. The van der Waals surface area contributed by atoms with Crippen molar-refractivity contribution in [3.8, 4) is 0 Å². The fraction of sp³-hybridized carbons (Fsp3) is 0.133. The van der Waals surface area contributed by atoms with Gasteiger partial charge in [0.05, 0.1) is 5.52 Å². The summed E-state index contributed by atoms with van der Waals surface area (Å²) in [5, 5.41) is 3.74. The molecule has 0 unspecified atom stereocenters. The molecule has 1 nitrogen and oxygen atoms in total. The molecule has 0 saturated carbocycles. The summed E-state index contributed by atoms with van der Waals surface area (Å²) in [7, 11) is 0. The van der Waals surface area contributed by atoms with E-state index in [-0.39, 0.29) is 0 Å². The van der Waals surface area contributed by atoms with Crippen LogP contribution >= 0.6 is 0 Å². The largest absolute Gasteiger partial charge is 0.256 e. The van der Waals surface area contributed by atoms with E-state index < -0.39 is 0 Å². The van der Waals surface area contributed by atoms with Crippen LogP contribution in [0.3, 0.4) is 0 Å². The van der Waals surface area contributed by atoms with Crippen LogP contribution in [0.2, 0.25) is 0 Å². The maximum atomic E-state index is 4.46. The van der Waals surface area contributed by atoms with Crippen molar-refractivity contribution in [2.45, 2.75) is 13.3 Å². The minimum absolute atomic E-state index is 1.08. The number of aromatic nitrogens is 1. The Kier molecular flexibility index (Phi) is 2.10. The summed E-state index contributed by atoms with van der Waals surface area (Å²) in [6.45, 7) is 2.18. The van der Waals surface area contributed by atoms with E-state index >= 15 is 0 Å². The van der Waals surface area contributed by atoms with Crippen LogP contribution in [0.15, 0.2) is 48.7 Å². The van der Waals surface area contributed by atoms with Crippen molar-refractivity contribution < 1.29 is 0 Å². The van der Waals surface area contributed by atoms with Crippen LogP contribution in [-0.2, 0) is 6.42 Å². The lowest BCUT2D eigenvalue weighted by molar-refractivity contribution is 1.15. The Balaban J connectivity index is 2.43. The summed E-state index contributed by atoms with van der Waals surface area (Å²) in [6.07, 6.45) is 2.94. The number of pyridine rings is 1. The molecule has 3 aromatic rings. The molecule has 0 atom stereocenters. The highest BCUT2D eigenvalue weighted by atomic mass is 14.6. The summed E-state index contributed by atoms with van der Waals surface area (Å²) in [5.41, 5.74) is 2.48. The Labute approximate surface area is 94.7 Å². The van der Waals surface area contributed by atoms with Crippen molar-refractivity contribution in [1.29, 1.82) is 0 Å². The van der Waals surface area contributed by atoms with E-state index in [4.69, 9.17) is 0 Å². The molecule has 0 spiro atoms. The van der Waals surface area contributed by atoms with Crippen LogP contribution in [0.1, 0.15) is 12.5 Å². The summed E-state index contributed by atoms with van der Waals surface area (Å²) >= 11 is 0. The van der Waals surface area contributed by atoms with Gasteiger partial charge in [-0.15, -0.1) is 0 Å². The minimum atomic E-state index is 1.08. The molecule has 0 fully saturated rings. The number of fused-ring (bicyclic) bond motifs is 3. The molecular formula is C15H13N. The molecule has 0 radical (unpaired) electrons. The fourth-order valence-electron chi connectivity index (χ4n) is 2.14. The molecule has 0 aliphatic carbocycles. The molecule has 0 aliphatic rings. The highest BCUT2D eigenvalue weighted by molar-refractivity contribution is 6.05. The van der Waals surface area contributed by atoms with Crippen LogP contribution in [0, 0.1) is 0 Å². The van der Waals surface area contributed by atoms with Crippen LogP contribution in [0.4, 0.5) is 0 Å². The second kappa shape index (κ2) is 3.60. The minimum Gasteiger partial charge on any atom is -0.256 e. The van der Waals surface area contributed by atoms with Gasteiger partial charge in [0.25, 0.3) is 0 Å². The first-order valence-electron chi connectivity index (χ1n) is 5.65.